The molecule has 0 aromatic carbocycles. The van der Waals surface area contributed by atoms with Crippen LogP contribution in [0.25, 0.3) is 0 Å². The number of carbonyl (C=O) groups is 1. The summed E-state index contributed by atoms with van der Waals surface area (Å²) in [6.45, 7) is 7.42. The summed E-state index contributed by atoms with van der Waals surface area (Å²) < 4.78 is 0. The predicted molar refractivity (Wildman–Crippen MR) is 44.9 cm³/mol. The van der Waals surface area contributed by atoms with E-state index in [9.17, 15) is 9.90 Å². The maximum atomic E-state index is 10.4. The lowest BCUT2D eigenvalue weighted by atomic mass is 9.89. The first-order chi connectivity index (χ1) is 5.25. The Morgan fingerprint density at radius 3 is 2.25 bits per heavy atom. The van der Waals surface area contributed by atoms with Gasteiger partial charge >= 0.3 is 0 Å². The maximum Gasteiger partial charge on any atom is 0.0949 e. The fourth-order valence-electron chi connectivity index (χ4n) is 0.669. The summed E-state index contributed by atoms with van der Waals surface area (Å²) in [6.07, 6.45) is 1.68. The molecule has 0 saturated heterocycles. The van der Waals surface area contributed by atoms with E-state index in [1.54, 1.807) is 6.08 Å². The summed E-state index contributed by atoms with van der Waals surface area (Å²) in [5, 5.41) is 10.4. The Hall–Kier alpha value is -0.830. The number of carboxylic acids is 1. The molecule has 3 heteroatoms. The average Bonchev–Trinajstić information content (AvgIpc) is 1.85. The molecule has 0 heterocycles. The summed E-state index contributed by atoms with van der Waals surface area (Å²) in [5.41, 5.74) is 4.06. The fourth-order valence-corrected chi connectivity index (χ4v) is 0.669. The van der Waals surface area contributed by atoms with Gasteiger partial charge in [0.1, 0.15) is 0 Å². The quantitative estimate of drug-likeness (QED) is 0.573. The van der Waals surface area contributed by atoms with E-state index in [4.69, 9.17) is 0 Å². The molecule has 0 radical (unpaired) electrons. The molecule has 0 aliphatic heterocycles. The number of quaternary nitrogens is 1. The monoisotopic (exact) mass is 171 g/mol. The number of hydrogen-bond acceptors (Lipinski definition) is 2. The van der Waals surface area contributed by atoms with Crippen molar-refractivity contribution >= 4 is 5.97 Å². The van der Waals surface area contributed by atoms with Crippen LogP contribution in [0.5, 0.6) is 0 Å². The van der Waals surface area contributed by atoms with Crippen molar-refractivity contribution in [3.05, 3.63) is 11.6 Å². The van der Waals surface area contributed by atoms with Gasteiger partial charge in [0.2, 0.25) is 0 Å². The first-order valence-electron chi connectivity index (χ1n) is 4.00. The Kier molecular flexibility index (Phi) is 3.46. The van der Waals surface area contributed by atoms with Crippen LogP contribution in [0.2, 0.25) is 0 Å². The SMILES string of the molecule is CC(=CC(C)C(C)(C)[NH3+])C(=O)[O-]. The van der Waals surface area contributed by atoms with E-state index in [0.29, 0.717) is 0 Å². The lowest BCUT2D eigenvalue weighted by molar-refractivity contribution is -0.475. The van der Waals surface area contributed by atoms with Crippen molar-refractivity contribution in [3.8, 4) is 0 Å². The molecule has 0 saturated carbocycles. The second-order valence-electron chi connectivity index (χ2n) is 3.91. The molecule has 1 unspecified atom stereocenters. The summed E-state index contributed by atoms with van der Waals surface area (Å²) in [4.78, 5) is 10.4. The summed E-state index contributed by atoms with van der Waals surface area (Å²) in [5.74, 6) is -0.971. The third kappa shape index (κ3) is 3.53. The Morgan fingerprint density at radius 2 is 2.00 bits per heavy atom. The molecule has 70 valence electrons. The second-order valence-corrected chi connectivity index (χ2v) is 3.91. The maximum absolute atomic E-state index is 10.4. The first kappa shape index (κ1) is 11.2. The first-order valence-corrected chi connectivity index (χ1v) is 4.00. The van der Waals surface area contributed by atoms with Crippen molar-refractivity contribution in [2.75, 3.05) is 0 Å². The zero-order valence-electron chi connectivity index (χ0n) is 8.18. The van der Waals surface area contributed by atoms with E-state index >= 15 is 0 Å². The van der Waals surface area contributed by atoms with E-state index in [2.05, 4.69) is 5.73 Å². The van der Waals surface area contributed by atoms with Gasteiger partial charge < -0.3 is 15.6 Å². The van der Waals surface area contributed by atoms with Gasteiger partial charge in [-0.15, -0.1) is 0 Å². The number of rotatable bonds is 3. The van der Waals surface area contributed by atoms with Gasteiger partial charge in [-0.25, -0.2) is 0 Å². The topological polar surface area (TPSA) is 67.8 Å². The van der Waals surface area contributed by atoms with Gasteiger partial charge in [0.25, 0.3) is 0 Å². The molecule has 0 amide bonds. The van der Waals surface area contributed by atoms with E-state index in [-0.39, 0.29) is 17.0 Å². The van der Waals surface area contributed by atoms with Crippen LogP contribution in [-0.4, -0.2) is 11.5 Å². The molecule has 0 aromatic heterocycles. The standard InChI is InChI=1S/C9H17NO2/c1-6(8(11)12)5-7(2)9(3,4)10/h5,7H,10H2,1-4H3,(H,11,12). The normalized spacial score (nSPS) is 15.9. The third-order valence-corrected chi connectivity index (χ3v) is 2.05. The summed E-state index contributed by atoms with van der Waals surface area (Å²) in [7, 11) is 0. The lowest BCUT2D eigenvalue weighted by Gasteiger charge is -2.21. The Labute approximate surface area is 73.3 Å². The zero-order valence-corrected chi connectivity index (χ0v) is 8.18. The predicted octanol–water partition coefficient (Wildman–Crippen LogP) is -0.661. The molecule has 12 heavy (non-hydrogen) atoms. The molecular weight excluding hydrogens is 154 g/mol. The van der Waals surface area contributed by atoms with Crippen molar-refractivity contribution in [3.63, 3.8) is 0 Å². The highest BCUT2D eigenvalue weighted by Crippen LogP contribution is 2.13. The largest absolute Gasteiger partial charge is 0.545 e. The summed E-state index contributed by atoms with van der Waals surface area (Å²) in [6, 6.07) is 0. The highest BCUT2D eigenvalue weighted by Gasteiger charge is 2.22. The zero-order chi connectivity index (χ0) is 9.94. The molecule has 0 aliphatic carbocycles. The number of hydrogen-bond donors (Lipinski definition) is 1. The molecule has 0 spiro atoms. The minimum Gasteiger partial charge on any atom is -0.545 e. The number of aliphatic carboxylic acids is 1. The van der Waals surface area contributed by atoms with Crippen molar-refractivity contribution in [2.45, 2.75) is 33.2 Å². The van der Waals surface area contributed by atoms with E-state index in [1.165, 1.54) is 6.92 Å². The fraction of sp³-hybridized carbons (Fsp3) is 0.667. The number of carbonyl (C=O) groups excluding carboxylic acids is 1. The van der Waals surface area contributed by atoms with Gasteiger partial charge in [-0.2, -0.15) is 0 Å². The van der Waals surface area contributed by atoms with Crippen molar-refractivity contribution in [1.29, 1.82) is 0 Å². The Balaban J connectivity index is 4.44. The third-order valence-electron chi connectivity index (χ3n) is 2.05. The van der Waals surface area contributed by atoms with Gasteiger partial charge in [-0.1, -0.05) is 13.0 Å². The molecule has 0 aliphatic rings. The van der Waals surface area contributed by atoms with Crippen LogP contribution in [0.3, 0.4) is 0 Å². The average molecular weight is 171 g/mol. The minimum atomic E-state index is -1.11. The van der Waals surface area contributed by atoms with Crippen molar-refractivity contribution in [2.24, 2.45) is 5.92 Å². The molecule has 0 bridgehead atoms. The van der Waals surface area contributed by atoms with Gasteiger partial charge in [0, 0.05) is 5.92 Å². The van der Waals surface area contributed by atoms with Crippen LogP contribution >= 0.6 is 0 Å². The highest BCUT2D eigenvalue weighted by atomic mass is 16.4. The second kappa shape index (κ2) is 3.72. The van der Waals surface area contributed by atoms with Crippen LogP contribution in [0.15, 0.2) is 11.6 Å². The smallest absolute Gasteiger partial charge is 0.0949 e. The van der Waals surface area contributed by atoms with Crippen LogP contribution in [-0.2, 0) is 4.79 Å². The minimum absolute atomic E-state index is 0.135. The highest BCUT2D eigenvalue weighted by molar-refractivity contribution is 5.83. The van der Waals surface area contributed by atoms with Gasteiger partial charge in [-0.3, -0.25) is 0 Å². The van der Waals surface area contributed by atoms with Gasteiger partial charge in [-0.05, 0) is 26.3 Å². The van der Waals surface area contributed by atoms with Crippen LogP contribution in [0, 0.1) is 5.92 Å². The molecule has 1 atom stereocenters. The van der Waals surface area contributed by atoms with Crippen molar-refractivity contribution in [1.82, 2.24) is 0 Å². The van der Waals surface area contributed by atoms with E-state index in [0.717, 1.165) is 0 Å². The van der Waals surface area contributed by atoms with Gasteiger partial charge in [0.15, 0.2) is 0 Å². The molecule has 3 N–H and O–H groups in total. The molecule has 0 rings (SSSR count). The van der Waals surface area contributed by atoms with E-state index in [1.807, 2.05) is 20.8 Å². The lowest BCUT2D eigenvalue weighted by Crippen LogP contribution is -2.71. The van der Waals surface area contributed by atoms with E-state index < -0.39 is 5.97 Å². The van der Waals surface area contributed by atoms with Crippen LogP contribution in [0.1, 0.15) is 27.7 Å². The molecule has 0 fully saturated rings. The molecule has 0 aromatic rings. The van der Waals surface area contributed by atoms with Gasteiger partial charge in [0.05, 0.1) is 11.5 Å². The van der Waals surface area contributed by atoms with Crippen LogP contribution in [0.4, 0.5) is 0 Å². The number of carboxylic acid groups (broad SMARTS) is 1. The Bertz CT molecular complexity index is 201. The Morgan fingerprint density at radius 1 is 1.58 bits per heavy atom. The summed E-state index contributed by atoms with van der Waals surface area (Å²) >= 11 is 0. The van der Waals surface area contributed by atoms with Crippen LogP contribution < -0.4 is 10.8 Å². The molecular formula is C9H17NO2. The van der Waals surface area contributed by atoms with Crippen molar-refractivity contribution < 1.29 is 15.6 Å². The molecule has 3 nitrogen and oxygen atoms in total.